The van der Waals surface area contributed by atoms with E-state index in [1.54, 1.807) is 0 Å². The smallest absolute Gasteiger partial charge is 0.177 e. The maximum absolute atomic E-state index is 13.0. The van der Waals surface area contributed by atoms with Crippen LogP contribution in [0, 0.1) is 12.8 Å². The van der Waals surface area contributed by atoms with Gasteiger partial charge < -0.3 is 14.9 Å². The van der Waals surface area contributed by atoms with Gasteiger partial charge in [0, 0.05) is 11.6 Å². The van der Waals surface area contributed by atoms with Crippen molar-refractivity contribution >= 4 is 23.1 Å². The van der Waals surface area contributed by atoms with Crippen LogP contribution in [0.15, 0.2) is 11.8 Å². The molecule has 0 fully saturated rings. The molecule has 0 bridgehead atoms. The van der Waals surface area contributed by atoms with Gasteiger partial charge in [0.25, 0.3) is 0 Å². The Balaban J connectivity index is 2.41. The molecule has 7 nitrogen and oxygen atoms in total. The molecule has 1 aromatic carbocycles. The summed E-state index contributed by atoms with van der Waals surface area (Å²) >= 11 is 0. The van der Waals surface area contributed by atoms with Gasteiger partial charge in [0.05, 0.1) is 5.56 Å². The highest BCUT2D eigenvalue weighted by molar-refractivity contribution is 6.27. The zero-order chi connectivity index (χ0) is 18.8. The fraction of sp³-hybridized carbons (Fsp3) is 0.333. The normalized spacial score (nSPS) is 24.3. The van der Waals surface area contributed by atoms with Gasteiger partial charge >= 0.3 is 0 Å². The number of ether oxygens (including phenoxy) is 1. The lowest BCUT2D eigenvalue weighted by atomic mass is 9.67. The van der Waals surface area contributed by atoms with Crippen LogP contribution in [-0.2, 0) is 19.8 Å². The van der Waals surface area contributed by atoms with Crippen LogP contribution in [0.1, 0.15) is 42.3 Å². The van der Waals surface area contributed by atoms with Gasteiger partial charge in [0.1, 0.15) is 45.7 Å². The maximum atomic E-state index is 13.0. The molecule has 1 heterocycles. The number of aromatic hydroxyl groups is 2. The third-order valence-electron chi connectivity index (χ3n) is 4.91. The van der Waals surface area contributed by atoms with E-state index in [1.165, 1.54) is 20.8 Å². The van der Waals surface area contributed by atoms with Crippen LogP contribution in [-0.4, -0.2) is 33.3 Å². The summed E-state index contributed by atoms with van der Waals surface area (Å²) in [5.74, 6) is -5.15. The van der Waals surface area contributed by atoms with Gasteiger partial charge in [-0.15, -0.1) is 0 Å². The molecule has 1 aromatic rings. The number of hydrogen-bond donors (Lipinski definition) is 2. The number of Topliss-reactive ketones (excluding diaryl/α,β-unsaturated/α-hetero) is 3. The summed E-state index contributed by atoms with van der Waals surface area (Å²) in [5, 5.41) is 20.7. The van der Waals surface area contributed by atoms with Crippen molar-refractivity contribution in [2.75, 3.05) is 0 Å². The van der Waals surface area contributed by atoms with Crippen LogP contribution in [0.5, 0.6) is 17.2 Å². The van der Waals surface area contributed by atoms with Gasteiger partial charge in [-0.3, -0.25) is 19.2 Å². The number of carbonyl (C=O) groups excluding carboxylic acids is 4. The molecule has 7 heteroatoms. The van der Waals surface area contributed by atoms with Crippen molar-refractivity contribution in [1.29, 1.82) is 0 Å². The van der Waals surface area contributed by atoms with Crippen LogP contribution in [0.3, 0.4) is 0 Å². The number of allylic oxidation sites excluding steroid dienone is 2. The Morgan fingerprint density at radius 3 is 2.28 bits per heavy atom. The zero-order valence-electron chi connectivity index (χ0n) is 14.1. The summed E-state index contributed by atoms with van der Waals surface area (Å²) in [6.45, 7) is 5.17. The molecule has 2 atom stereocenters. The van der Waals surface area contributed by atoms with Crippen molar-refractivity contribution in [1.82, 2.24) is 0 Å². The quantitative estimate of drug-likeness (QED) is 0.616. The van der Waals surface area contributed by atoms with Crippen LogP contribution in [0.25, 0.3) is 0 Å². The number of benzene rings is 1. The van der Waals surface area contributed by atoms with E-state index in [1.807, 2.05) is 0 Å². The van der Waals surface area contributed by atoms with E-state index < -0.39 is 46.0 Å². The third-order valence-corrected chi connectivity index (χ3v) is 4.91. The lowest BCUT2D eigenvalue weighted by molar-refractivity contribution is -0.140. The molecule has 25 heavy (non-hydrogen) atoms. The van der Waals surface area contributed by atoms with E-state index in [2.05, 4.69) is 0 Å². The second-order valence-electron chi connectivity index (χ2n) is 6.50. The summed E-state index contributed by atoms with van der Waals surface area (Å²) in [4.78, 5) is 48.8. The first kappa shape index (κ1) is 16.9. The average Bonchev–Trinajstić information content (AvgIpc) is 2.78. The summed E-state index contributed by atoms with van der Waals surface area (Å²) < 4.78 is 5.56. The summed E-state index contributed by atoms with van der Waals surface area (Å²) in [6.07, 6.45) is 1.04. The third kappa shape index (κ3) is 1.92. The predicted octanol–water partition coefficient (Wildman–Crippen LogP) is 1.50. The number of fused-ring (bicyclic) bond motifs is 3. The minimum atomic E-state index is -1.59. The van der Waals surface area contributed by atoms with E-state index in [4.69, 9.17) is 4.74 Å². The van der Waals surface area contributed by atoms with E-state index in [9.17, 15) is 29.4 Å². The Morgan fingerprint density at radius 2 is 1.76 bits per heavy atom. The van der Waals surface area contributed by atoms with E-state index >= 15 is 0 Å². The zero-order valence-corrected chi connectivity index (χ0v) is 14.1. The topological polar surface area (TPSA) is 118 Å². The molecule has 0 aromatic heterocycles. The molecular weight excluding hydrogens is 328 g/mol. The Bertz CT molecular complexity index is 922. The van der Waals surface area contributed by atoms with Gasteiger partial charge in [-0.25, -0.2) is 0 Å². The van der Waals surface area contributed by atoms with Crippen LogP contribution < -0.4 is 4.74 Å². The maximum Gasteiger partial charge on any atom is 0.177 e. The first-order chi connectivity index (χ1) is 11.5. The number of phenols is 2. The van der Waals surface area contributed by atoms with Gasteiger partial charge in [0.2, 0.25) is 0 Å². The van der Waals surface area contributed by atoms with Crippen molar-refractivity contribution in [3.8, 4) is 17.2 Å². The molecule has 0 unspecified atom stereocenters. The first-order valence-electron chi connectivity index (χ1n) is 7.62. The summed E-state index contributed by atoms with van der Waals surface area (Å²) in [5.41, 5.74) is -1.77. The Labute approximate surface area is 142 Å². The number of carbonyl (C=O) groups is 4. The van der Waals surface area contributed by atoms with Gasteiger partial charge in [-0.2, -0.15) is 0 Å². The molecular formula is C18H16O7. The number of rotatable bonds is 2. The van der Waals surface area contributed by atoms with E-state index in [0.717, 1.165) is 13.0 Å². The standard InChI is InChI=1S/C18H16O7/c1-6-14(22)12(8(3)20)16-13(15(6)23)18(4)10(25-16)5-9(21)11(7(2)19)17(18)24/h5,11,22-23H,1-4H3/t11-,18+/m0/s1. The molecule has 0 spiro atoms. The molecule has 130 valence electrons. The Kier molecular flexibility index (Phi) is 3.39. The van der Waals surface area contributed by atoms with Gasteiger partial charge in [0.15, 0.2) is 17.3 Å². The summed E-state index contributed by atoms with van der Waals surface area (Å²) in [6, 6.07) is 0. The number of ketones is 4. The molecule has 0 amide bonds. The monoisotopic (exact) mass is 344 g/mol. The van der Waals surface area contributed by atoms with Gasteiger partial charge in [-0.05, 0) is 27.7 Å². The van der Waals surface area contributed by atoms with Crippen molar-refractivity contribution in [3.63, 3.8) is 0 Å². The number of hydrogen-bond acceptors (Lipinski definition) is 7. The molecule has 2 N–H and O–H groups in total. The molecule has 1 aliphatic carbocycles. The lowest BCUT2D eigenvalue weighted by Gasteiger charge is -2.30. The highest BCUT2D eigenvalue weighted by Crippen LogP contribution is 2.57. The van der Waals surface area contributed by atoms with Gasteiger partial charge in [-0.1, -0.05) is 0 Å². The highest BCUT2D eigenvalue weighted by atomic mass is 16.5. The Morgan fingerprint density at radius 1 is 1.16 bits per heavy atom. The van der Waals surface area contributed by atoms with Crippen LogP contribution >= 0.6 is 0 Å². The van der Waals surface area contributed by atoms with Crippen molar-refractivity contribution in [3.05, 3.63) is 28.5 Å². The minimum Gasteiger partial charge on any atom is -0.507 e. The molecule has 0 radical (unpaired) electrons. The molecule has 3 rings (SSSR count). The lowest BCUT2D eigenvalue weighted by Crippen LogP contribution is -2.47. The van der Waals surface area contributed by atoms with Crippen LogP contribution in [0.4, 0.5) is 0 Å². The predicted molar refractivity (Wildman–Crippen MR) is 84.8 cm³/mol. The average molecular weight is 344 g/mol. The van der Waals surface area contributed by atoms with Crippen molar-refractivity contribution in [2.45, 2.75) is 33.1 Å². The highest BCUT2D eigenvalue weighted by Gasteiger charge is 2.58. The second kappa shape index (κ2) is 5.02. The Hall–Kier alpha value is -2.96. The fourth-order valence-electron chi connectivity index (χ4n) is 3.49. The number of phenolic OH excluding ortho intramolecular Hbond substituents is 2. The summed E-state index contributed by atoms with van der Waals surface area (Å²) in [7, 11) is 0. The van der Waals surface area contributed by atoms with E-state index in [0.29, 0.717) is 0 Å². The first-order valence-corrected chi connectivity index (χ1v) is 7.62. The SMILES string of the molecule is CC(=O)c1c(O)c(C)c(O)c2c1OC1=CC(=O)[C@H](C(C)=O)C(=O)[C@]12C. The van der Waals surface area contributed by atoms with Crippen molar-refractivity contribution < 1.29 is 34.1 Å². The minimum absolute atomic E-state index is 0.0111. The largest absolute Gasteiger partial charge is 0.507 e. The molecule has 2 aliphatic rings. The molecule has 0 saturated heterocycles. The van der Waals surface area contributed by atoms with Crippen LogP contribution in [0.2, 0.25) is 0 Å². The van der Waals surface area contributed by atoms with E-state index in [-0.39, 0.29) is 28.2 Å². The molecule has 1 aliphatic heterocycles. The van der Waals surface area contributed by atoms with Crippen molar-refractivity contribution in [2.24, 2.45) is 5.92 Å². The molecule has 0 saturated carbocycles. The fourth-order valence-corrected chi connectivity index (χ4v) is 3.49. The second-order valence-corrected chi connectivity index (χ2v) is 6.50.